The standard InChI is InChI=1S/C21H16N4OS/c1-26-16-4-2-3-14(10-16)19-11-18-20(27-19)21(24-12-23-18)25-15-5-6-17-13(9-15)7-8-22-17/h2-12,22H,1H3,(H,23,24,25). The van der Waals surface area contributed by atoms with Gasteiger partial charge in [-0.3, -0.25) is 0 Å². The molecule has 0 aliphatic heterocycles. The molecule has 132 valence electrons. The molecular weight excluding hydrogens is 356 g/mol. The van der Waals surface area contributed by atoms with Crippen molar-refractivity contribution < 1.29 is 4.74 Å². The van der Waals surface area contributed by atoms with Crippen molar-refractivity contribution in [1.29, 1.82) is 0 Å². The van der Waals surface area contributed by atoms with E-state index in [1.807, 2.05) is 30.5 Å². The van der Waals surface area contributed by atoms with Crippen molar-refractivity contribution in [3.05, 3.63) is 67.1 Å². The second-order valence-electron chi connectivity index (χ2n) is 6.18. The Morgan fingerprint density at radius 3 is 2.93 bits per heavy atom. The summed E-state index contributed by atoms with van der Waals surface area (Å²) in [5.41, 5.74) is 4.15. The van der Waals surface area contributed by atoms with E-state index in [-0.39, 0.29) is 0 Å². The summed E-state index contributed by atoms with van der Waals surface area (Å²) in [6, 6.07) is 18.4. The van der Waals surface area contributed by atoms with Crippen LogP contribution < -0.4 is 10.1 Å². The van der Waals surface area contributed by atoms with E-state index in [0.29, 0.717) is 0 Å². The van der Waals surface area contributed by atoms with Gasteiger partial charge in [0.05, 0.1) is 17.3 Å². The molecule has 0 amide bonds. The molecule has 0 radical (unpaired) electrons. The summed E-state index contributed by atoms with van der Waals surface area (Å²) in [4.78, 5) is 13.2. The van der Waals surface area contributed by atoms with Gasteiger partial charge in [-0.2, -0.15) is 0 Å². The maximum absolute atomic E-state index is 5.34. The molecule has 0 saturated carbocycles. The second kappa shape index (κ2) is 6.41. The Morgan fingerprint density at radius 2 is 2.00 bits per heavy atom. The molecule has 6 heteroatoms. The number of thiophene rings is 1. The van der Waals surface area contributed by atoms with Crippen LogP contribution in [-0.2, 0) is 0 Å². The molecule has 0 aliphatic rings. The summed E-state index contributed by atoms with van der Waals surface area (Å²) in [6.45, 7) is 0. The summed E-state index contributed by atoms with van der Waals surface area (Å²) in [7, 11) is 1.68. The van der Waals surface area contributed by atoms with Crippen LogP contribution in [0.25, 0.3) is 31.6 Å². The quantitative estimate of drug-likeness (QED) is 0.431. The number of nitrogens with one attached hydrogen (secondary N) is 2. The summed E-state index contributed by atoms with van der Waals surface area (Å²) in [5, 5.41) is 4.60. The number of aromatic amines is 1. The Morgan fingerprint density at radius 1 is 1.04 bits per heavy atom. The highest BCUT2D eigenvalue weighted by Gasteiger charge is 2.11. The first-order chi connectivity index (χ1) is 13.3. The average Bonchev–Trinajstić information content (AvgIpc) is 3.35. The van der Waals surface area contributed by atoms with Gasteiger partial charge in [0.15, 0.2) is 5.82 Å². The van der Waals surface area contributed by atoms with Gasteiger partial charge in [0.25, 0.3) is 0 Å². The number of hydrogen-bond donors (Lipinski definition) is 2. The van der Waals surface area contributed by atoms with E-state index in [1.165, 1.54) is 0 Å². The first-order valence-electron chi connectivity index (χ1n) is 8.53. The van der Waals surface area contributed by atoms with E-state index in [0.717, 1.165) is 48.8 Å². The fourth-order valence-corrected chi connectivity index (χ4v) is 4.18. The summed E-state index contributed by atoms with van der Waals surface area (Å²) >= 11 is 1.67. The number of anilines is 2. The van der Waals surface area contributed by atoms with E-state index in [2.05, 4.69) is 50.6 Å². The van der Waals surface area contributed by atoms with E-state index in [4.69, 9.17) is 4.74 Å². The van der Waals surface area contributed by atoms with Crippen LogP contribution >= 0.6 is 11.3 Å². The molecule has 0 atom stereocenters. The first kappa shape index (κ1) is 15.8. The van der Waals surface area contributed by atoms with Crippen molar-refractivity contribution in [1.82, 2.24) is 15.0 Å². The minimum atomic E-state index is 0.814. The fraction of sp³-hybridized carbons (Fsp3) is 0.0476. The molecule has 27 heavy (non-hydrogen) atoms. The van der Waals surface area contributed by atoms with Crippen LogP contribution in [0.15, 0.2) is 67.1 Å². The number of rotatable bonds is 4. The second-order valence-corrected chi connectivity index (χ2v) is 7.24. The molecule has 0 bridgehead atoms. The predicted molar refractivity (Wildman–Crippen MR) is 111 cm³/mol. The highest BCUT2D eigenvalue weighted by molar-refractivity contribution is 7.22. The van der Waals surface area contributed by atoms with E-state index in [1.54, 1.807) is 24.8 Å². The maximum atomic E-state index is 5.34. The average molecular weight is 372 g/mol. The molecule has 0 spiro atoms. The number of hydrogen-bond acceptors (Lipinski definition) is 5. The molecule has 0 saturated heterocycles. The number of H-pyrrole nitrogens is 1. The molecule has 2 aromatic carbocycles. The van der Waals surface area contributed by atoms with Crippen molar-refractivity contribution in [3.8, 4) is 16.2 Å². The minimum absolute atomic E-state index is 0.814. The van der Waals surface area contributed by atoms with Crippen LogP contribution in [0.3, 0.4) is 0 Å². The van der Waals surface area contributed by atoms with Gasteiger partial charge in [-0.15, -0.1) is 11.3 Å². The minimum Gasteiger partial charge on any atom is -0.497 e. The van der Waals surface area contributed by atoms with Crippen molar-refractivity contribution in [2.75, 3.05) is 12.4 Å². The maximum Gasteiger partial charge on any atom is 0.151 e. The van der Waals surface area contributed by atoms with Crippen LogP contribution in [0.2, 0.25) is 0 Å². The lowest BCUT2D eigenvalue weighted by molar-refractivity contribution is 0.415. The molecule has 0 unspecified atom stereocenters. The molecule has 0 fully saturated rings. The number of ether oxygens (including phenoxy) is 1. The zero-order valence-corrected chi connectivity index (χ0v) is 15.4. The normalized spacial score (nSPS) is 11.1. The van der Waals surface area contributed by atoms with Gasteiger partial charge in [-0.05, 0) is 48.0 Å². The van der Waals surface area contributed by atoms with Crippen LogP contribution in [0.1, 0.15) is 0 Å². The Labute approximate surface area is 159 Å². The van der Waals surface area contributed by atoms with E-state index >= 15 is 0 Å². The Balaban J connectivity index is 1.55. The van der Waals surface area contributed by atoms with Crippen LogP contribution in [0.5, 0.6) is 5.75 Å². The smallest absolute Gasteiger partial charge is 0.151 e. The van der Waals surface area contributed by atoms with Crippen molar-refractivity contribution >= 4 is 44.0 Å². The zero-order chi connectivity index (χ0) is 18.2. The lowest BCUT2D eigenvalue weighted by Gasteiger charge is -2.06. The lowest BCUT2D eigenvalue weighted by atomic mass is 10.2. The van der Waals surface area contributed by atoms with Gasteiger partial charge in [0.2, 0.25) is 0 Å². The Kier molecular flexibility index (Phi) is 3.76. The van der Waals surface area contributed by atoms with E-state index < -0.39 is 0 Å². The highest BCUT2D eigenvalue weighted by Crippen LogP contribution is 2.37. The number of aromatic nitrogens is 3. The first-order valence-corrected chi connectivity index (χ1v) is 9.35. The monoisotopic (exact) mass is 372 g/mol. The molecular formula is C21H16N4OS. The third-order valence-electron chi connectivity index (χ3n) is 4.48. The summed E-state index contributed by atoms with van der Waals surface area (Å²) in [6.07, 6.45) is 3.54. The zero-order valence-electron chi connectivity index (χ0n) is 14.6. The molecule has 2 N–H and O–H groups in total. The van der Waals surface area contributed by atoms with Gasteiger partial charge in [-0.1, -0.05) is 12.1 Å². The predicted octanol–water partition coefficient (Wildman–Crippen LogP) is 5.59. The Bertz CT molecular complexity index is 1260. The van der Waals surface area contributed by atoms with Crippen LogP contribution in [0, 0.1) is 0 Å². The Hall–Kier alpha value is -3.38. The summed E-state index contributed by atoms with van der Waals surface area (Å²) < 4.78 is 6.38. The van der Waals surface area contributed by atoms with Crippen molar-refractivity contribution in [3.63, 3.8) is 0 Å². The largest absolute Gasteiger partial charge is 0.497 e. The fourth-order valence-electron chi connectivity index (χ4n) is 3.13. The van der Waals surface area contributed by atoms with Crippen molar-refractivity contribution in [2.45, 2.75) is 0 Å². The molecule has 5 nitrogen and oxygen atoms in total. The van der Waals surface area contributed by atoms with Gasteiger partial charge in [0.1, 0.15) is 12.1 Å². The number of nitrogens with zero attached hydrogens (tertiary/aromatic N) is 2. The topological polar surface area (TPSA) is 62.8 Å². The number of fused-ring (bicyclic) bond motifs is 2. The van der Waals surface area contributed by atoms with Gasteiger partial charge in [0, 0.05) is 27.7 Å². The van der Waals surface area contributed by atoms with Gasteiger partial charge < -0.3 is 15.0 Å². The summed E-state index contributed by atoms with van der Waals surface area (Å²) in [5.74, 6) is 1.66. The van der Waals surface area contributed by atoms with E-state index in [9.17, 15) is 0 Å². The molecule has 3 heterocycles. The molecule has 0 aliphatic carbocycles. The molecule has 3 aromatic heterocycles. The van der Waals surface area contributed by atoms with Crippen LogP contribution in [-0.4, -0.2) is 22.1 Å². The van der Waals surface area contributed by atoms with Crippen LogP contribution in [0.4, 0.5) is 11.5 Å². The number of benzene rings is 2. The van der Waals surface area contributed by atoms with Gasteiger partial charge >= 0.3 is 0 Å². The third kappa shape index (κ3) is 2.90. The van der Waals surface area contributed by atoms with Gasteiger partial charge in [-0.25, -0.2) is 9.97 Å². The SMILES string of the molecule is COc1cccc(-c2cc3ncnc(Nc4ccc5[nH]ccc5c4)c3s2)c1. The highest BCUT2D eigenvalue weighted by atomic mass is 32.1. The third-order valence-corrected chi connectivity index (χ3v) is 5.66. The van der Waals surface area contributed by atoms with Crippen molar-refractivity contribution in [2.24, 2.45) is 0 Å². The molecule has 5 rings (SSSR count). The molecule has 5 aromatic rings. The number of methoxy groups -OCH3 is 1. The lowest BCUT2D eigenvalue weighted by Crippen LogP contribution is -1.94.